The molecule has 1 atom stereocenters. The highest BCUT2D eigenvalue weighted by atomic mass is 32.1. The number of tetrazole rings is 1. The van der Waals surface area contributed by atoms with E-state index in [1.54, 1.807) is 7.11 Å². The van der Waals surface area contributed by atoms with Gasteiger partial charge in [-0.2, -0.15) is 4.68 Å². The first kappa shape index (κ1) is 19.5. The maximum Gasteiger partial charge on any atom is 0.263 e. The molecule has 1 aliphatic rings. The van der Waals surface area contributed by atoms with Gasteiger partial charge in [-0.1, -0.05) is 12.1 Å². The number of methoxy groups -OCH3 is 1. The molecule has 2 aromatic heterocycles. The van der Waals surface area contributed by atoms with E-state index >= 15 is 0 Å². The van der Waals surface area contributed by atoms with Crippen LogP contribution in [0.5, 0.6) is 5.75 Å². The van der Waals surface area contributed by atoms with Crippen LogP contribution >= 0.6 is 11.3 Å². The first-order chi connectivity index (χ1) is 14.3. The van der Waals surface area contributed by atoms with Crippen molar-refractivity contribution in [3.8, 4) is 11.4 Å². The molecule has 1 aliphatic heterocycles. The van der Waals surface area contributed by atoms with Gasteiger partial charge in [0.15, 0.2) is 0 Å². The summed E-state index contributed by atoms with van der Waals surface area (Å²) in [5, 5.41) is 16.1. The van der Waals surface area contributed by atoms with Gasteiger partial charge < -0.3 is 14.8 Å². The summed E-state index contributed by atoms with van der Waals surface area (Å²) >= 11 is 1.37. The molecule has 0 aliphatic carbocycles. The Morgan fingerprint density at radius 1 is 1.28 bits per heavy atom. The smallest absolute Gasteiger partial charge is 0.263 e. The van der Waals surface area contributed by atoms with E-state index < -0.39 is 0 Å². The van der Waals surface area contributed by atoms with E-state index in [2.05, 4.69) is 25.7 Å². The SMILES string of the molecule is COc1ccc(C(CNC(=O)c2sccc2-n2cnnn2)N2CCOCC2)cc1. The van der Waals surface area contributed by atoms with Crippen molar-refractivity contribution in [2.24, 2.45) is 0 Å². The van der Waals surface area contributed by atoms with E-state index in [0.717, 1.165) is 24.4 Å². The third-order valence-electron chi connectivity index (χ3n) is 4.89. The van der Waals surface area contributed by atoms with Crippen LogP contribution in [0.4, 0.5) is 0 Å². The largest absolute Gasteiger partial charge is 0.497 e. The van der Waals surface area contributed by atoms with Crippen molar-refractivity contribution in [3.05, 3.63) is 52.5 Å². The predicted octanol–water partition coefficient (Wildman–Crippen LogP) is 1.54. The summed E-state index contributed by atoms with van der Waals surface area (Å²) in [7, 11) is 1.65. The number of carbonyl (C=O) groups excluding carboxylic acids is 1. The molecule has 1 amide bonds. The molecule has 29 heavy (non-hydrogen) atoms. The third kappa shape index (κ3) is 4.44. The molecule has 1 N–H and O–H groups in total. The second-order valence-electron chi connectivity index (χ2n) is 6.54. The number of amides is 1. The maximum atomic E-state index is 12.9. The molecule has 0 saturated carbocycles. The van der Waals surface area contributed by atoms with Crippen LogP contribution in [0.25, 0.3) is 5.69 Å². The summed E-state index contributed by atoms with van der Waals surface area (Å²) in [6.45, 7) is 3.50. The zero-order valence-corrected chi connectivity index (χ0v) is 16.8. The minimum Gasteiger partial charge on any atom is -0.497 e. The number of ether oxygens (including phenoxy) is 2. The summed E-state index contributed by atoms with van der Waals surface area (Å²) in [5.41, 5.74) is 1.80. The fraction of sp³-hybridized carbons (Fsp3) is 0.368. The Kier molecular flexibility index (Phi) is 6.13. The first-order valence-corrected chi connectivity index (χ1v) is 10.2. The van der Waals surface area contributed by atoms with Gasteiger partial charge in [-0.15, -0.1) is 16.4 Å². The molecule has 3 heterocycles. The summed E-state index contributed by atoms with van der Waals surface area (Å²) in [6.07, 6.45) is 1.48. The van der Waals surface area contributed by atoms with Crippen molar-refractivity contribution in [2.45, 2.75) is 6.04 Å². The van der Waals surface area contributed by atoms with Crippen LogP contribution in [-0.2, 0) is 4.74 Å². The highest BCUT2D eigenvalue weighted by molar-refractivity contribution is 7.12. The highest BCUT2D eigenvalue weighted by Gasteiger charge is 2.24. The Morgan fingerprint density at radius 2 is 2.07 bits per heavy atom. The number of benzene rings is 1. The van der Waals surface area contributed by atoms with Crippen LogP contribution in [0.1, 0.15) is 21.3 Å². The van der Waals surface area contributed by atoms with Crippen molar-refractivity contribution in [3.63, 3.8) is 0 Å². The number of morpholine rings is 1. The molecular formula is C19H22N6O3S. The van der Waals surface area contributed by atoms with E-state index in [0.29, 0.717) is 30.3 Å². The Hall–Kier alpha value is -2.82. The van der Waals surface area contributed by atoms with Gasteiger partial charge in [0.2, 0.25) is 0 Å². The topological polar surface area (TPSA) is 94.4 Å². The summed E-state index contributed by atoms with van der Waals surface area (Å²) < 4.78 is 12.3. The fourth-order valence-corrected chi connectivity index (χ4v) is 4.16. The zero-order chi connectivity index (χ0) is 20.1. The van der Waals surface area contributed by atoms with Gasteiger partial charge in [-0.25, -0.2) is 0 Å². The molecule has 1 fully saturated rings. The summed E-state index contributed by atoms with van der Waals surface area (Å²) in [4.78, 5) is 15.8. The standard InChI is InChI=1S/C19H22N6O3S/c1-27-15-4-2-14(3-5-15)17(24-7-9-28-10-8-24)12-20-19(26)18-16(6-11-29-18)25-13-21-22-23-25/h2-6,11,13,17H,7-10,12H2,1H3,(H,20,26). The molecule has 10 heteroatoms. The number of thiophene rings is 1. The van der Waals surface area contributed by atoms with Gasteiger partial charge in [0.05, 0.1) is 32.1 Å². The van der Waals surface area contributed by atoms with Crippen molar-refractivity contribution in [1.82, 2.24) is 30.4 Å². The van der Waals surface area contributed by atoms with E-state index in [1.165, 1.54) is 22.3 Å². The maximum absolute atomic E-state index is 12.9. The van der Waals surface area contributed by atoms with Gasteiger partial charge in [-0.05, 0) is 39.6 Å². The van der Waals surface area contributed by atoms with Crippen LogP contribution in [0, 0.1) is 0 Å². The van der Waals surface area contributed by atoms with Crippen molar-refractivity contribution in [1.29, 1.82) is 0 Å². The van der Waals surface area contributed by atoms with Crippen molar-refractivity contribution in [2.75, 3.05) is 40.0 Å². The van der Waals surface area contributed by atoms with Crippen LogP contribution in [0.3, 0.4) is 0 Å². The Bertz CT molecular complexity index is 922. The Labute approximate surface area is 172 Å². The van der Waals surface area contributed by atoms with Gasteiger partial charge in [0.25, 0.3) is 5.91 Å². The lowest BCUT2D eigenvalue weighted by Crippen LogP contribution is -2.43. The Balaban J connectivity index is 1.50. The monoisotopic (exact) mass is 414 g/mol. The van der Waals surface area contributed by atoms with E-state index in [4.69, 9.17) is 9.47 Å². The lowest BCUT2D eigenvalue weighted by Gasteiger charge is -2.35. The number of rotatable bonds is 7. The van der Waals surface area contributed by atoms with Crippen LogP contribution < -0.4 is 10.1 Å². The molecule has 4 rings (SSSR count). The second-order valence-corrected chi connectivity index (χ2v) is 7.45. The van der Waals surface area contributed by atoms with Crippen molar-refractivity contribution < 1.29 is 14.3 Å². The number of nitrogens with one attached hydrogen (secondary N) is 1. The van der Waals surface area contributed by atoms with Gasteiger partial charge in [0, 0.05) is 19.6 Å². The number of nitrogens with zero attached hydrogens (tertiary/aromatic N) is 5. The quantitative estimate of drug-likeness (QED) is 0.627. The first-order valence-electron chi connectivity index (χ1n) is 9.31. The molecule has 152 valence electrons. The number of aromatic nitrogens is 4. The van der Waals surface area contributed by atoms with Crippen molar-refractivity contribution >= 4 is 17.2 Å². The molecular weight excluding hydrogens is 392 g/mol. The Morgan fingerprint density at radius 3 is 2.76 bits per heavy atom. The minimum absolute atomic E-state index is 0.0465. The molecule has 9 nitrogen and oxygen atoms in total. The molecule has 1 saturated heterocycles. The number of hydrogen-bond acceptors (Lipinski definition) is 8. The average molecular weight is 414 g/mol. The van der Waals surface area contributed by atoms with Crippen LogP contribution in [0.2, 0.25) is 0 Å². The lowest BCUT2D eigenvalue weighted by molar-refractivity contribution is 0.0162. The number of carbonyl (C=O) groups is 1. The van der Waals surface area contributed by atoms with Crippen LogP contribution in [0.15, 0.2) is 42.0 Å². The third-order valence-corrected chi connectivity index (χ3v) is 5.79. The molecule has 1 unspecified atom stereocenters. The average Bonchev–Trinajstić information content (AvgIpc) is 3.46. The molecule has 3 aromatic rings. The summed E-state index contributed by atoms with van der Waals surface area (Å²) in [6, 6.07) is 9.86. The van der Waals surface area contributed by atoms with Gasteiger partial charge in [-0.3, -0.25) is 9.69 Å². The van der Waals surface area contributed by atoms with E-state index in [1.807, 2.05) is 35.7 Å². The molecule has 0 bridgehead atoms. The highest BCUT2D eigenvalue weighted by Crippen LogP contribution is 2.25. The molecule has 0 spiro atoms. The van der Waals surface area contributed by atoms with E-state index in [9.17, 15) is 4.79 Å². The normalized spacial score (nSPS) is 15.8. The molecule has 1 aromatic carbocycles. The lowest BCUT2D eigenvalue weighted by atomic mass is 10.0. The second kappa shape index (κ2) is 9.12. The number of hydrogen-bond donors (Lipinski definition) is 1. The van der Waals surface area contributed by atoms with Crippen LogP contribution in [-0.4, -0.2) is 71.0 Å². The van der Waals surface area contributed by atoms with E-state index in [-0.39, 0.29) is 11.9 Å². The molecule has 0 radical (unpaired) electrons. The predicted molar refractivity (Wildman–Crippen MR) is 107 cm³/mol. The van der Waals surface area contributed by atoms with Gasteiger partial charge >= 0.3 is 0 Å². The fourth-order valence-electron chi connectivity index (χ4n) is 3.37. The zero-order valence-electron chi connectivity index (χ0n) is 16.0. The van der Waals surface area contributed by atoms with Gasteiger partial charge in [0.1, 0.15) is 17.0 Å². The summed E-state index contributed by atoms with van der Waals surface area (Å²) in [5.74, 6) is 0.667. The minimum atomic E-state index is -0.141.